The van der Waals surface area contributed by atoms with Crippen molar-refractivity contribution in [3.8, 4) is 11.3 Å². The second-order valence-corrected chi connectivity index (χ2v) is 7.64. The molecule has 31 heavy (non-hydrogen) atoms. The predicted molar refractivity (Wildman–Crippen MR) is 107 cm³/mol. The van der Waals surface area contributed by atoms with Crippen LogP contribution in [0.2, 0.25) is 0 Å². The van der Waals surface area contributed by atoms with E-state index in [1.807, 2.05) is 11.0 Å². The van der Waals surface area contributed by atoms with Crippen LogP contribution in [-0.4, -0.2) is 45.3 Å². The minimum Gasteiger partial charge on any atom is -0.481 e. The highest BCUT2D eigenvalue weighted by atomic mass is 19.4. The predicted octanol–water partition coefficient (Wildman–Crippen LogP) is 4.47. The van der Waals surface area contributed by atoms with Crippen LogP contribution in [0.3, 0.4) is 0 Å². The van der Waals surface area contributed by atoms with Crippen molar-refractivity contribution in [2.45, 2.75) is 38.3 Å². The lowest BCUT2D eigenvalue weighted by atomic mass is 9.97. The Balaban J connectivity index is 1.64. The molecule has 0 spiro atoms. The number of furan rings is 1. The smallest absolute Gasteiger partial charge is 0.389 e. The van der Waals surface area contributed by atoms with Crippen molar-refractivity contribution in [1.82, 2.24) is 15.0 Å². The number of carbonyl (C=O) groups is 1. The minimum absolute atomic E-state index is 0.0689. The van der Waals surface area contributed by atoms with Gasteiger partial charge in [-0.2, -0.15) is 13.2 Å². The van der Waals surface area contributed by atoms with Crippen LogP contribution in [0.5, 0.6) is 0 Å². The zero-order valence-electron chi connectivity index (χ0n) is 16.6. The molecule has 0 radical (unpaired) electrons. The monoisotopic (exact) mass is 434 g/mol. The van der Waals surface area contributed by atoms with E-state index in [0.717, 1.165) is 5.39 Å². The van der Waals surface area contributed by atoms with Gasteiger partial charge in [-0.25, -0.2) is 9.97 Å². The van der Waals surface area contributed by atoms with E-state index in [-0.39, 0.29) is 12.8 Å². The quantitative estimate of drug-likeness (QED) is 0.612. The summed E-state index contributed by atoms with van der Waals surface area (Å²) < 4.78 is 42.8. The van der Waals surface area contributed by atoms with Gasteiger partial charge in [-0.05, 0) is 37.8 Å². The lowest BCUT2D eigenvalue weighted by Gasteiger charge is -2.32. The Morgan fingerprint density at radius 2 is 2.00 bits per heavy atom. The van der Waals surface area contributed by atoms with E-state index in [9.17, 15) is 23.1 Å². The molecular formula is C21H21F3N4O3. The van der Waals surface area contributed by atoms with Crippen LogP contribution in [0.25, 0.3) is 22.4 Å². The van der Waals surface area contributed by atoms with Crippen molar-refractivity contribution >= 4 is 22.9 Å². The molecule has 0 unspecified atom stereocenters. The van der Waals surface area contributed by atoms with Gasteiger partial charge in [-0.1, -0.05) is 0 Å². The van der Waals surface area contributed by atoms with Crippen molar-refractivity contribution in [3.63, 3.8) is 0 Å². The van der Waals surface area contributed by atoms with E-state index >= 15 is 0 Å². The molecule has 3 aromatic rings. The highest BCUT2D eigenvalue weighted by molar-refractivity contribution is 5.82. The van der Waals surface area contributed by atoms with Crippen molar-refractivity contribution in [1.29, 1.82) is 0 Å². The summed E-state index contributed by atoms with van der Waals surface area (Å²) in [5.74, 6) is -0.689. The minimum atomic E-state index is -4.21. The number of alkyl halides is 3. The molecule has 0 atom stereocenters. The van der Waals surface area contributed by atoms with Gasteiger partial charge in [-0.15, -0.1) is 0 Å². The highest BCUT2D eigenvalue weighted by Gasteiger charge is 2.28. The lowest BCUT2D eigenvalue weighted by molar-refractivity contribution is -0.142. The zero-order chi connectivity index (χ0) is 22.0. The number of anilines is 1. The molecule has 3 aromatic heterocycles. The molecule has 1 saturated heterocycles. The number of piperidine rings is 1. The van der Waals surface area contributed by atoms with Crippen molar-refractivity contribution < 1.29 is 27.5 Å². The molecule has 0 amide bonds. The summed E-state index contributed by atoms with van der Waals surface area (Å²) in [7, 11) is 0. The van der Waals surface area contributed by atoms with Gasteiger partial charge in [0, 0.05) is 42.9 Å². The largest absolute Gasteiger partial charge is 0.481 e. The zero-order valence-corrected chi connectivity index (χ0v) is 16.6. The van der Waals surface area contributed by atoms with Gasteiger partial charge < -0.3 is 14.4 Å². The molecule has 0 aliphatic carbocycles. The first-order valence-corrected chi connectivity index (χ1v) is 10.0. The number of halogens is 3. The molecule has 1 aliphatic heterocycles. The number of hydrogen-bond donors (Lipinski definition) is 1. The number of hydrogen-bond acceptors (Lipinski definition) is 6. The Kier molecular flexibility index (Phi) is 5.79. The average Bonchev–Trinajstić information content (AvgIpc) is 3.21. The summed E-state index contributed by atoms with van der Waals surface area (Å²) in [5.41, 5.74) is 2.23. The summed E-state index contributed by atoms with van der Waals surface area (Å²) in [6.45, 7) is 0.956. The second-order valence-electron chi connectivity index (χ2n) is 7.64. The Bertz CT molecular complexity index is 1080. The van der Waals surface area contributed by atoms with Crippen LogP contribution in [-0.2, 0) is 11.2 Å². The summed E-state index contributed by atoms with van der Waals surface area (Å²) in [6.07, 6.45) is 0.587. The first-order chi connectivity index (χ1) is 14.8. The van der Waals surface area contributed by atoms with Crippen molar-refractivity contribution in [3.05, 3.63) is 36.5 Å². The number of carboxylic acid groups (broad SMARTS) is 1. The molecule has 1 N–H and O–H groups in total. The first-order valence-electron chi connectivity index (χ1n) is 10.0. The van der Waals surface area contributed by atoms with Gasteiger partial charge in [0.25, 0.3) is 0 Å². The maximum atomic E-state index is 12.5. The Morgan fingerprint density at radius 1 is 1.23 bits per heavy atom. The van der Waals surface area contributed by atoms with E-state index in [4.69, 9.17) is 4.42 Å². The third-order valence-electron chi connectivity index (χ3n) is 5.42. The van der Waals surface area contributed by atoms with Crippen LogP contribution in [0.4, 0.5) is 19.0 Å². The average molecular weight is 434 g/mol. The first kappa shape index (κ1) is 21.1. The third-order valence-corrected chi connectivity index (χ3v) is 5.42. The maximum Gasteiger partial charge on any atom is 0.389 e. The fourth-order valence-corrected chi connectivity index (χ4v) is 3.76. The van der Waals surface area contributed by atoms with Crippen LogP contribution in [0.1, 0.15) is 31.4 Å². The van der Waals surface area contributed by atoms with Gasteiger partial charge in [-0.3, -0.25) is 9.78 Å². The van der Waals surface area contributed by atoms with Crippen LogP contribution < -0.4 is 4.90 Å². The highest BCUT2D eigenvalue weighted by Crippen LogP contribution is 2.32. The molecule has 7 nitrogen and oxygen atoms in total. The molecule has 4 rings (SSSR count). The number of aromatic nitrogens is 3. The van der Waals surface area contributed by atoms with E-state index in [2.05, 4.69) is 15.0 Å². The molecule has 164 valence electrons. The van der Waals surface area contributed by atoms with E-state index < -0.39 is 24.5 Å². The molecule has 1 aliphatic rings. The Morgan fingerprint density at radius 3 is 2.71 bits per heavy atom. The normalized spacial score (nSPS) is 15.5. The molecule has 0 aromatic carbocycles. The number of aliphatic carboxylic acids is 1. The SMILES string of the molecule is O=C(O)C1CCN(c2nc(CCCC(F)(F)F)cnc2-c2cnc3occc3c2)CC1. The van der Waals surface area contributed by atoms with Crippen molar-refractivity contribution in [2.24, 2.45) is 5.92 Å². The Hall–Kier alpha value is -3.17. The molecule has 10 heteroatoms. The standard InChI is InChI=1S/C21H21F3N4O3/c22-21(23,24)6-1-2-16-12-25-17(15-10-14-5-9-31-19(14)26-11-15)18(27-16)28-7-3-13(4-8-28)20(29)30/h5,9-13H,1-4,6-8H2,(H,29,30). The Labute approximate surface area is 175 Å². The van der Waals surface area contributed by atoms with E-state index in [1.165, 1.54) is 12.5 Å². The second kappa shape index (κ2) is 8.52. The van der Waals surface area contributed by atoms with Gasteiger partial charge in [0.15, 0.2) is 5.82 Å². The number of aryl methyl sites for hydroxylation is 1. The van der Waals surface area contributed by atoms with Crippen LogP contribution in [0, 0.1) is 5.92 Å². The topological polar surface area (TPSA) is 92.3 Å². The van der Waals surface area contributed by atoms with Gasteiger partial charge in [0.05, 0.1) is 17.9 Å². The van der Waals surface area contributed by atoms with Crippen LogP contribution >= 0.6 is 0 Å². The maximum absolute atomic E-state index is 12.5. The number of fused-ring (bicyclic) bond motifs is 1. The fraction of sp³-hybridized carbons (Fsp3) is 0.429. The number of carboxylic acids is 1. The van der Waals surface area contributed by atoms with Gasteiger partial charge in [0.1, 0.15) is 5.69 Å². The molecular weight excluding hydrogens is 413 g/mol. The summed E-state index contributed by atoms with van der Waals surface area (Å²) >= 11 is 0. The number of nitrogens with zero attached hydrogens (tertiary/aromatic N) is 4. The number of pyridine rings is 1. The lowest BCUT2D eigenvalue weighted by Crippen LogP contribution is -2.37. The van der Waals surface area contributed by atoms with E-state index in [1.54, 1.807) is 12.3 Å². The van der Waals surface area contributed by atoms with Crippen molar-refractivity contribution in [2.75, 3.05) is 18.0 Å². The number of rotatable bonds is 6. The fourth-order valence-electron chi connectivity index (χ4n) is 3.76. The molecule has 0 bridgehead atoms. The molecule has 1 fully saturated rings. The molecule has 0 saturated carbocycles. The van der Waals surface area contributed by atoms with Gasteiger partial charge >= 0.3 is 12.1 Å². The summed E-state index contributed by atoms with van der Waals surface area (Å²) in [5, 5.41) is 10.1. The van der Waals surface area contributed by atoms with Gasteiger partial charge in [0.2, 0.25) is 5.71 Å². The third kappa shape index (κ3) is 4.95. The van der Waals surface area contributed by atoms with Crippen LogP contribution in [0.15, 0.2) is 35.2 Å². The molecule has 4 heterocycles. The van der Waals surface area contributed by atoms with E-state index in [0.29, 0.717) is 54.4 Å². The summed E-state index contributed by atoms with van der Waals surface area (Å²) in [4.78, 5) is 26.7. The summed E-state index contributed by atoms with van der Waals surface area (Å²) in [6, 6.07) is 3.65.